The molecule has 1 amide bonds. The van der Waals surface area contributed by atoms with Gasteiger partial charge in [-0.3, -0.25) is 14.5 Å². The van der Waals surface area contributed by atoms with Gasteiger partial charge in [-0.2, -0.15) is 0 Å². The number of benzene rings is 2. The van der Waals surface area contributed by atoms with Crippen LogP contribution < -0.4 is 10.9 Å². The van der Waals surface area contributed by atoms with Crippen LogP contribution in [0.4, 0.5) is 0 Å². The number of carbonyl (C=O) groups excluding carboxylic acids is 1. The minimum absolute atomic E-state index is 0.0299. The third-order valence-electron chi connectivity index (χ3n) is 5.83. The van der Waals surface area contributed by atoms with E-state index in [9.17, 15) is 9.59 Å². The Labute approximate surface area is 188 Å². The van der Waals surface area contributed by atoms with Crippen LogP contribution in [0, 0.1) is 6.92 Å². The number of aromatic nitrogens is 1. The number of amides is 1. The highest BCUT2D eigenvalue weighted by Crippen LogP contribution is 2.21. The molecule has 1 unspecified atom stereocenters. The smallest absolute Gasteiger partial charge is 0.263 e. The fourth-order valence-electron chi connectivity index (χ4n) is 4.15. The molecule has 6 nitrogen and oxygen atoms in total. The summed E-state index contributed by atoms with van der Waals surface area (Å²) in [4.78, 5) is 28.3. The van der Waals surface area contributed by atoms with E-state index in [2.05, 4.69) is 22.3 Å². The molecule has 4 rings (SSSR count). The second kappa shape index (κ2) is 10.4. The molecule has 0 spiro atoms. The number of pyridine rings is 1. The number of rotatable bonds is 7. The van der Waals surface area contributed by atoms with Gasteiger partial charge in [0.2, 0.25) is 0 Å². The van der Waals surface area contributed by atoms with Gasteiger partial charge in [-0.25, -0.2) is 0 Å². The lowest BCUT2D eigenvalue weighted by atomic mass is 10.0. The van der Waals surface area contributed by atoms with Gasteiger partial charge in [0.15, 0.2) is 0 Å². The van der Waals surface area contributed by atoms with Crippen LogP contribution in [-0.2, 0) is 11.3 Å². The van der Waals surface area contributed by atoms with Gasteiger partial charge in [-0.1, -0.05) is 60.2 Å². The largest absolute Gasteiger partial charge is 0.379 e. The van der Waals surface area contributed by atoms with Crippen molar-refractivity contribution in [1.29, 1.82) is 0 Å². The summed E-state index contributed by atoms with van der Waals surface area (Å²) in [7, 11) is 0. The van der Waals surface area contributed by atoms with Crippen LogP contribution >= 0.6 is 0 Å². The van der Waals surface area contributed by atoms with E-state index in [1.807, 2.05) is 49.4 Å². The van der Waals surface area contributed by atoms with Crippen LogP contribution in [0.3, 0.4) is 0 Å². The zero-order valence-electron chi connectivity index (χ0n) is 18.4. The molecule has 3 aromatic rings. The Morgan fingerprint density at radius 2 is 1.81 bits per heavy atom. The van der Waals surface area contributed by atoms with Crippen molar-refractivity contribution in [2.45, 2.75) is 19.5 Å². The van der Waals surface area contributed by atoms with Gasteiger partial charge in [-0.15, -0.1) is 0 Å². The normalized spacial score (nSPS) is 15.3. The first-order valence-electron chi connectivity index (χ1n) is 11.0. The number of nitrogens with zero attached hydrogens (tertiary/aromatic N) is 2. The Bertz CT molecular complexity index is 1100. The topological polar surface area (TPSA) is 63.6 Å². The van der Waals surface area contributed by atoms with E-state index in [1.54, 1.807) is 22.9 Å². The number of aryl methyl sites for hydroxylation is 1. The van der Waals surface area contributed by atoms with Crippen molar-refractivity contribution in [1.82, 2.24) is 14.8 Å². The summed E-state index contributed by atoms with van der Waals surface area (Å²) in [6, 6.07) is 21.5. The number of nitrogens with one attached hydrogen (secondary N) is 1. The first-order valence-corrected chi connectivity index (χ1v) is 11.0. The highest BCUT2D eigenvalue weighted by Gasteiger charge is 2.24. The minimum Gasteiger partial charge on any atom is -0.379 e. The summed E-state index contributed by atoms with van der Waals surface area (Å²) < 4.78 is 7.08. The minimum atomic E-state index is -0.345. The molecule has 0 saturated carbocycles. The molecule has 2 aromatic carbocycles. The molecule has 1 aliphatic rings. The fourth-order valence-corrected chi connectivity index (χ4v) is 4.15. The van der Waals surface area contributed by atoms with E-state index in [0.717, 1.165) is 29.8 Å². The van der Waals surface area contributed by atoms with Crippen LogP contribution in [0.2, 0.25) is 0 Å². The third-order valence-corrected chi connectivity index (χ3v) is 5.83. The predicted octanol–water partition coefficient (Wildman–Crippen LogP) is 3.01. The second-order valence-corrected chi connectivity index (χ2v) is 8.13. The van der Waals surface area contributed by atoms with Crippen molar-refractivity contribution in [2.75, 3.05) is 32.8 Å². The maximum Gasteiger partial charge on any atom is 0.263 e. The lowest BCUT2D eigenvalue weighted by molar-refractivity contribution is 0.0162. The van der Waals surface area contributed by atoms with Crippen LogP contribution in [0.25, 0.3) is 0 Å². The van der Waals surface area contributed by atoms with Crippen molar-refractivity contribution in [3.63, 3.8) is 0 Å². The van der Waals surface area contributed by atoms with E-state index in [4.69, 9.17) is 4.74 Å². The maximum atomic E-state index is 13.0. The van der Waals surface area contributed by atoms with E-state index in [0.29, 0.717) is 26.3 Å². The Morgan fingerprint density at radius 1 is 1.03 bits per heavy atom. The molecule has 1 atom stereocenters. The molecule has 0 aliphatic carbocycles. The summed E-state index contributed by atoms with van der Waals surface area (Å²) in [6.45, 7) is 5.86. The van der Waals surface area contributed by atoms with Crippen molar-refractivity contribution in [3.05, 3.63) is 106 Å². The molecule has 6 heteroatoms. The summed E-state index contributed by atoms with van der Waals surface area (Å²) in [6.07, 6.45) is 1.72. The van der Waals surface area contributed by atoms with Crippen molar-refractivity contribution < 1.29 is 9.53 Å². The number of hydrogen-bond donors (Lipinski definition) is 1. The molecule has 0 radical (unpaired) electrons. The summed E-state index contributed by atoms with van der Waals surface area (Å²) in [5, 5.41) is 3.00. The standard InChI is InChI=1S/C26H29N3O3/c1-20-7-5-8-21(17-20)19-29-12-6-11-23(26(29)31)25(30)27-18-24(22-9-3-2-4-10-22)28-13-15-32-16-14-28/h2-12,17,24H,13-16,18-19H2,1H3,(H,27,30). The van der Waals surface area contributed by atoms with Crippen molar-refractivity contribution in [3.8, 4) is 0 Å². The quantitative estimate of drug-likeness (QED) is 0.625. The zero-order chi connectivity index (χ0) is 22.3. The molecule has 1 fully saturated rings. The number of morpholine rings is 1. The number of carbonyl (C=O) groups is 1. The Morgan fingerprint density at radius 3 is 2.56 bits per heavy atom. The predicted molar refractivity (Wildman–Crippen MR) is 125 cm³/mol. The number of ether oxygens (including phenoxy) is 1. The SMILES string of the molecule is Cc1cccc(Cn2cccc(C(=O)NCC(c3ccccc3)N3CCOCC3)c2=O)c1. The molecular weight excluding hydrogens is 402 g/mol. The highest BCUT2D eigenvalue weighted by molar-refractivity contribution is 5.93. The van der Waals surface area contributed by atoms with Gasteiger partial charge in [0.25, 0.3) is 11.5 Å². The van der Waals surface area contributed by atoms with Gasteiger partial charge in [-0.05, 0) is 30.2 Å². The van der Waals surface area contributed by atoms with E-state index < -0.39 is 0 Å². The Hall–Kier alpha value is -3.22. The molecule has 2 heterocycles. The van der Waals surface area contributed by atoms with Gasteiger partial charge in [0.05, 0.1) is 25.8 Å². The summed E-state index contributed by atoms with van der Waals surface area (Å²) in [5.41, 5.74) is 3.18. The van der Waals surface area contributed by atoms with Gasteiger partial charge < -0.3 is 14.6 Å². The molecule has 166 valence electrons. The van der Waals surface area contributed by atoms with Crippen LogP contribution in [0.1, 0.15) is 33.1 Å². The molecule has 1 aromatic heterocycles. The van der Waals surface area contributed by atoms with Crippen LogP contribution in [0.15, 0.2) is 77.7 Å². The zero-order valence-corrected chi connectivity index (χ0v) is 18.4. The van der Waals surface area contributed by atoms with Gasteiger partial charge in [0.1, 0.15) is 5.56 Å². The first-order chi connectivity index (χ1) is 15.6. The Kier molecular flexibility index (Phi) is 7.14. The summed E-state index contributed by atoms with van der Waals surface area (Å²) in [5.74, 6) is -0.345. The highest BCUT2D eigenvalue weighted by atomic mass is 16.5. The molecule has 32 heavy (non-hydrogen) atoms. The molecule has 1 saturated heterocycles. The Balaban J connectivity index is 1.49. The maximum absolute atomic E-state index is 13.0. The number of hydrogen-bond acceptors (Lipinski definition) is 4. The van der Waals surface area contributed by atoms with Crippen molar-refractivity contribution >= 4 is 5.91 Å². The lowest BCUT2D eigenvalue weighted by Gasteiger charge is -2.34. The summed E-state index contributed by atoms with van der Waals surface area (Å²) >= 11 is 0. The molecular formula is C26H29N3O3. The average Bonchev–Trinajstić information content (AvgIpc) is 2.82. The van der Waals surface area contributed by atoms with E-state index in [-0.39, 0.29) is 23.1 Å². The lowest BCUT2D eigenvalue weighted by Crippen LogP contribution is -2.44. The van der Waals surface area contributed by atoms with Crippen LogP contribution in [-0.4, -0.2) is 48.2 Å². The molecule has 1 aliphatic heterocycles. The first kappa shape index (κ1) is 22.0. The van der Waals surface area contributed by atoms with Gasteiger partial charge in [0, 0.05) is 25.8 Å². The van der Waals surface area contributed by atoms with Crippen LogP contribution in [0.5, 0.6) is 0 Å². The van der Waals surface area contributed by atoms with Crippen molar-refractivity contribution in [2.24, 2.45) is 0 Å². The molecule has 0 bridgehead atoms. The van der Waals surface area contributed by atoms with Gasteiger partial charge >= 0.3 is 0 Å². The monoisotopic (exact) mass is 431 g/mol. The molecule has 1 N–H and O–H groups in total. The third kappa shape index (κ3) is 5.33. The van der Waals surface area contributed by atoms with E-state index in [1.165, 1.54) is 0 Å². The average molecular weight is 432 g/mol. The van der Waals surface area contributed by atoms with E-state index >= 15 is 0 Å². The fraction of sp³-hybridized carbons (Fsp3) is 0.308. The second-order valence-electron chi connectivity index (χ2n) is 8.13.